The quantitative estimate of drug-likeness (QED) is 0.448. The molecule has 132 valence electrons. The third-order valence-electron chi connectivity index (χ3n) is 3.90. The molecule has 0 unspecified atom stereocenters. The lowest BCUT2D eigenvalue weighted by Gasteiger charge is -2.36. The van der Waals surface area contributed by atoms with Crippen molar-refractivity contribution in [2.45, 2.75) is 0 Å². The van der Waals surface area contributed by atoms with Crippen molar-refractivity contribution in [3.05, 3.63) is 37.1 Å². The minimum Gasteiger partial charge on any atom is -0.367 e. The van der Waals surface area contributed by atoms with E-state index in [4.69, 9.17) is 0 Å². The number of nitrogens with one attached hydrogen (secondary N) is 2. The summed E-state index contributed by atoms with van der Waals surface area (Å²) in [6.07, 6.45) is 8.59. The molecular formula is C16H23N9. The van der Waals surface area contributed by atoms with Gasteiger partial charge in [-0.3, -0.25) is 9.98 Å². The van der Waals surface area contributed by atoms with E-state index < -0.39 is 0 Å². The van der Waals surface area contributed by atoms with Gasteiger partial charge in [-0.1, -0.05) is 0 Å². The van der Waals surface area contributed by atoms with Crippen molar-refractivity contribution in [3.63, 3.8) is 0 Å². The van der Waals surface area contributed by atoms with Crippen LogP contribution in [0.3, 0.4) is 0 Å². The smallest absolute Gasteiger partial charge is 0.225 e. The highest BCUT2D eigenvalue weighted by Crippen LogP contribution is 2.09. The van der Waals surface area contributed by atoms with Gasteiger partial charge in [-0.2, -0.15) is 0 Å². The topological polar surface area (TPSA) is 94.5 Å². The van der Waals surface area contributed by atoms with Gasteiger partial charge in [0.1, 0.15) is 5.82 Å². The van der Waals surface area contributed by atoms with Gasteiger partial charge >= 0.3 is 0 Å². The second-order valence-electron chi connectivity index (χ2n) is 5.51. The Morgan fingerprint density at radius 2 is 1.84 bits per heavy atom. The summed E-state index contributed by atoms with van der Waals surface area (Å²) >= 11 is 0. The second-order valence-corrected chi connectivity index (χ2v) is 5.51. The molecule has 0 aromatic carbocycles. The number of hydrogen-bond donors (Lipinski definition) is 2. The van der Waals surface area contributed by atoms with Crippen LogP contribution in [0.1, 0.15) is 0 Å². The molecule has 0 aliphatic carbocycles. The summed E-state index contributed by atoms with van der Waals surface area (Å²) in [6.45, 7) is 5.02. The molecule has 3 rings (SSSR count). The number of rotatable bonds is 5. The lowest BCUT2D eigenvalue weighted by atomic mass is 10.3. The third-order valence-corrected chi connectivity index (χ3v) is 3.90. The maximum absolute atomic E-state index is 4.38. The number of hydrogen-bond acceptors (Lipinski definition) is 7. The monoisotopic (exact) mass is 341 g/mol. The molecule has 0 spiro atoms. The Labute approximate surface area is 147 Å². The van der Waals surface area contributed by atoms with Gasteiger partial charge in [0.05, 0.1) is 6.20 Å². The molecule has 1 aliphatic rings. The molecule has 1 saturated heterocycles. The fourth-order valence-corrected chi connectivity index (χ4v) is 2.66. The number of piperazine rings is 1. The average Bonchev–Trinajstić information content (AvgIpc) is 2.70. The molecule has 0 bridgehead atoms. The van der Waals surface area contributed by atoms with Crippen molar-refractivity contribution < 1.29 is 0 Å². The van der Waals surface area contributed by atoms with Gasteiger partial charge in [0, 0.05) is 71.1 Å². The first kappa shape index (κ1) is 16.9. The van der Waals surface area contributed by atoms with Crippen LogP contribution in [0.25, 0.3) is 0 Å². The Kier molecular flexibility index (Phi) is 5.91. The van der Waals surface area contributed by atoms with E-state index in [2.05, 4.69) is 45.4 Å². The maximum atomic E-state index is 4.38. The lowest BCUT2D eigenvalue weighted by molar-refractivity contribution is 0.371. The highest BCUT2D eigenvalue weighted by atomic mass is 15.4. The number of aliphatic imine (C=N–C) groups is 1. The molecule has 0 amide bonds. The van der Waals surface area contributed by atoms with Crippen LogP contribution in [0.2, 0.25) is 0 Å². The van der Waals surface area contributed by atoms with Crippen molar-refractivity contribution in [3.8, 4) is 0 Å². The van der Waals surface area contributed by atoms with Gasteiger partial charge in [-0.25, -0.2) is 15.0 Å². The summed E-state index contributed by atoms with van der Waals surface area (Å²) in [5.41, 5.74) is 0. The first-order valence-corrected chi connectivity index (χ1v) is 8.34. The van der Waals surface area contributed by atoms with E-state index in [0.717, 1.165) is 57.0 Å². The predicted octanol–water partition coefficient (Wildman–Crippen LogP) is 0.0761. The van der Waals surface area contributed by atoms with E-state index >= 15 is 0 Å². The van der Waals surface area contributed by atoms with Crippen LogP contribution >= 0.6 is 0 Å². The zero-order valence-corrected chi connectivity index (χ0v) is 14.3. The van der Waals surface area contributed by atoms with Crippen LogP contribution in [0.4, 0.5) is 11.8 Å². The number of nitrogens with zero attached hydrogens (tertiary/aromatic N) is 7. The van der Waals surface area contributed by atoms with E-state index in [1.807, 2.05) is 13.1 Å². The summed E-state index contributed by atoms with van der Waals surface area (Å²) in [5, 5.41) is 6.60. The highest BCUT2D eigenvalue weighted by molar-refractivity contribution is 5.80. The zero-order valence-electron chi connectivity index (χ0n) is 14.3. The van der Waals surface area contributed by atoms with Crippen LogP contribution in [0.5, 0.6) is 0 Å². The molecule has 0 atom stereocenters. The largest absolute Gasteiger partial charge is 0.367 e. The number of anilines is 2. The number of aromatic nitrogens is 4. The normalized spacial score (nSPS) is 15.2. The van der Waals surface area contributed by atoms with Gasteiger partial charge in [0.25, 0.3) is 0 Å². The van der Waals surface area contributed by atoms with Gasteiger partial charge < -0.3 is 20.4 Å². The van der Waals surface area contributed by atoms with Gasteiger partial charge in [0.15, 0.2) is 5.96 Å². The first-order chi connectivity index (χ1) is 12.4. The van der Waals surface area contributed by atoms with E-state index in [9.17, 15) is 0 Å². The van der Waals surface area contributed by atoms with Crippen molar-refractivity contribution in [2.75, 3.05) is 56.5 Å². The van der Waals surface area contributed by atoms with Crippen LogP contribution < -0.4 is 15.5 Å². The molecule has 0 radical (unpaired) electrons. The van der Waals surface area contributed by atoms with Crippen molar-refractivity contribution in [1.29, 1.82) is 0 Å². The predicted molar refractivity (Wildman–Crippen MR) is 97.7 cm³/mol. The Morgan fingerprint density at radius 3 is 2.52 bits per heavy atom. The van der Waals surface area contributed by atoms with Crippen LogP contribution in [-0.4, -0.2) is 77.1 Å². The summed E-state index contributed by atoms with van der Waals surface area (Å²) in [4.78, 5) is 25.7. The lowest BCUT2D eigenvalue weighted by Crippen LogP contribution is -2.53. The Hall–Kier alpha value is -2.97. The zero-order chi connectivity index (χ0) is 17.3. The molecule has 25 heavy (non-hydrogen) atoms. The summed E-state index contributed by atoms with van der Waals surface area (Å²) in [5.74, 6) is 2.48. The molecule has 0 saturated carbocycles. The Bertz CT molecular complexity index is 654. The molecule has 1 fully saturated rings. The van der Waals surface area contributed by atoms with E-state index in [1.54, 1.807) is 31.0 Å². The molecule has 3 heterocycles. The van der Waals surface area contributed by atoms with Crippen LogP contribution in [0.15, 0.2) is 42.0 Å². The average molecular weight is 341 g/mol. The highest BCUT2D eigenvalue weighted by Gasteiger charge is 2.20. The van der Waals surface area contributed by atoms with Gasteiger partial charge in [-0.15, -0.1) is 0 Å². The SMILES string of the molecule is CN=C(NCCNc1cnccn1)N1CCN(c2ncccn2)CC1. The fourth-order valence-electron chi connectivity index (χ4n) is 2.66. The summed E-state index contributed by atoms with van der Waals surface area (Å²) in [6, 6.07) is 1.83. The Morgan fingerprint density at radius 1 is 1.04 bits per heavy atom. The molecule has 2 aromatic rings. The minimum absolute atomic E-state index is 0.746. The summed E-state index contributed by atoms with van der Waals surface area (Å²) < 4.78 is 0. The molecule has 1 aliphatic heterocycles. The third kappa shape index (κ3) is 4.75. The van der Waals surface area contributed by atoms with E-state index in [0.29, 0.717) is 0 Å². The number of guanidine groups is 1. The molecular weight excluding hydrogens is 318 g/mol. The standard InChI is InChI=1S/C16H23N9/c1-17-15(23-8-7-20-14-13-18-5-6-19-14)24-9-11-25(12-10-24)16-21-3-2-4-22-16/h2-6,13H,7-12H2,1H3,(H,17,23)(H,19,20). The molecule has 9 nitrogen and oxygen atoms in total. The van der Waals surface area contributed by atoms with Gasteiger partial charge in [-0.05, 0) is 6.07 Å². The second kappa shape index (κ2) is 8.76. The van der Waals surface area contributed by atoms with Crippen LogP contribution in [0, 0.1) is 0 Å². The van der Waals surface area contributed by atoms with Crippen molar-refractivity contribution in [1.82, 2.24) is 30.2 Å². The van der Waals surface area contributed by atoms with E-state index in [1.165, 1.54) is 0 Å². The summed E-state index contributed by atoms with van der Waals surface area (Å²) in [7, 11) is 1.81. The fraction of sp³-hybridized carbons (Fsp3) is 0.438. The van der Waals surface area contributed by atoms with Crippen molar-refractivity contribution >= 4 is 17.7 Å². The van der Waals surface area contributed by atoms with E-state index in [-0.39, 0.29) is 0 Å². The maximum Gasteiger partial charge on any atom is 0.225 e. The van der Waals surface area contributed by atoms with Crippen molar-refractivity contribution in [2.24, 2.45) is 4.99 Å². The molecule has 9 heteroatoms. The van der Waals surface area contributed by atoms with Crippen LogP contribution in [-0.2, 0) is 0 Å². The molecule has 2 aromatic heterocycles. The first-order valence-electron chi connectivity index (χ1n) is 8.34. The minimum atomic E-state index is 0.746. The molecule has 2 N–H and O–H groups in total. The van der Waals surface area contributed by atoms with Gasteiger partial charge in [0.2, 0.25) is 5.95 Å². The Balaban J connectivity index is 1.42.